The molecule has 0 unspecified atom stereocenters. The van der Waals surface area contributed by atoms with Gasteiger partial charge in [-0.3, -0.25) is 4.79 Å². The maximum atomic E-state index is 12.7. The van der Waals surface area contributed by atoms with Crippen LogP contribution in [-0.4, -0.2) is 25.1 Å². The topological polar surface area (TPSA) is 64.6 Å². The number of halogens is 1. The molecule has 3 aromatic rings. The van der Waals surface area contributed by atoms with Gasteiger partial charge in [0.25, 0.3) is 5.91 Å². The highest BCUT2D eigenvalue weighted by atomic mass is 79.9. The van der Waals surface area contributed by atoms with Crippen LogP contribution in [0.5, 0.6) is 5.75 Å². The standard InChI is InChI=1S/C24H24BrNO4S/c1-4-16-7-9-17(10-8-16)18-14-31-23(22(18)24(28)29-5-2)26-21(27)13-30-20-11-6-15(3)12-19(20)25/h6-12,14H,4-5,13H2,1-3H3,(H,26,27). The maximum Gasteiger partial charge on any atom is 0.341 e. The Labute approximate surface area is 194 Å². The number of thiophene rings is 1. The summed E-state index contributed by atoms with van der Waals surface area (Å²) in [6.45, 7) is 5.89. The zero-order valence-corrected chi connectivity index (χ0v) is 20.1. The fraction of sp³-hybridized carbons (Fsp3) is 0.250. The highest BCUT2D eigenvalue weighted by Gasteiger charge is 2.23. The van der Waals surface area contributed by atoms with E-state index in [1.165, 1.54) is 16.9 Å². The largest absolute Gasteiger partial charge is 0.483 e. The third kappa shape index (κ3) is 5.74. The third-order valence-corrected chi connectivity index (χ3v) is 6.16. The van der Waals surface area contributed by atoms with Gasteiger partial charge in [-0.05, 0) is 65.0 Å². The van der Waals surface area contributed by atoms with Crippen LogP contribution in [0.25, 0.3) is 11.1 Å². The van der Waals surface area contributed by atoms with Crippen molar-refractivity contribution < 1.29 is 19.1 Å². The van der Waals surface area contributed by atoms with Crippen molar-refractivity contribution in [2.24, 2.45) is 0 Å². The Bertz CT molecular complexity index is 1080. The molecule has 0 aliphatic heterocycles. The summed E-state index contributed by atoms with van der Waals surface area (Å²) in [6.07, 6.45) is 0.938. The molecule has 0 aliphatic carbocycles. The number of ether oxygens (including phenoxy) is 2. The van der Waals surface area contributed by atoms with E-state index in [4.69, 9.17) is 9.47 Å². The quantitative estimate of drug-likeness (QED) is 0.370. The number of nitrogens with one attached hydrogen (secondary N) is 1. The summed E-state index contributed by atoms with van der Waals surface area (Å²) in [5, 5.41) is 5.11. The third-order valence-electron chi connectivity index (χ3n) is 4.64. The van der Waals surface area contributed by atoms with Gasteiger partial charge in [-0.25, -0.2) is 4.79 Å². The lowest BCUT2D eigenvalue weighted by Gasteiger charge is -2.11. The van der Waals surface area contributed by atoms with Crippen LogP contribution in [0.3, 0.4) is 0 Å². The van der Waals surface area contributed by atoms with E-state index in [-0.39, 0.29) is 19.1 Å². The van der Waals surface area contributed by atoms with E-state index in [9.17, 15) is 9.59 Å². The number of rotatable bonds is 8. The van der Waals surface area contributed by atoms with Crippen molar-refractivity contribution in [1.29, 1.82) is 0 Å². The van der Waals surface area contributed by atoms with E-state index >= 15 is 0 Å². The van der Waals surface area contributed by atoms with Crippen molar-refractivity contribution in [1.82, 2.24) is 0 Å². The zero-order chi connectivity index (χ0) is 22.4. The van der Waals surface area contributed by atoms with Crippen LogP contribution in [0.4, 0.5) is 5.00 Å². The monoisotopic (exact) mass is 501 g/mol. The first-order valence-electron chi connectivity index (χ1n) is 9.99. The highest BCUT2D eigenvalue weighted by Crippen LogP contribution is 2.36. The summed E-state index contributed by atoms with van der Waals surface area (Å²) in [6, 6.07) is 13.7. The lowest BCUT2D eigenvalue weighted by molar-refractivity contribution is -0.118. The van der Waals surface area contributed by atoms with Crippen LogP contribution in [-0.2, 0) is 16.0 Å². The van der Waals surface area contributed by atoms with Crippen molar-refractivity contribution >= 4 is 44.1 Å². The van der Waals surface area contributed by atoms with E-state index in [2.05, 4.69) is 28.2 Å². The number of aryl methyl sites for hydroxylation is 2. The molecule has 0 aliphatic rings. The normalized spacial score (nSPS) is 10.6. The molecule has 3 rings (SSSR count). The van der Waals surface area contributed by atoms with E-state index in [1.54, 1.807) is 13.0 Å². The van der Waals surface area contributed by atoms with Crippen LogP contribution in [0.1, 0.15) is 35.3 Å². The average Bonchev–Trinajstić information content (AvgIpc) is 3.17. The van der Waals surface area contributed by atoms with Crippen LogP contribution < -0.4 is 10.1 Å². The van der Waals surface area contributed by atoms with Crippen molar-refractivity contribution in [2.45, 2.75) is 27.2 Å². The van der Waals surface area contributed by atoms with Crippen LogP contribution in [0.15, 0.2) is 52.3 Å². The molecule has 1 amide bonds. The van der Waals surface area contributed by atoms with E-state index in [1.807, 2.05) is 48.7 Å². The van der Waals surface area contributed by atoms with Crippen molar-refractivity contribution in [3.05, 3.63) is 69.0 Å². The summed E-state index contributed by atoms with van der Waals surface area (Å²) in [4.78, 5) is 25.2. The second kappa shape index (κ2) is 10.6. The summed E-state index contributed by atoms with van der Waals surface area (Å²) in [7, 11) is 0. The molecule has 1 aromatic heterocycles. The molecule has 0 atom stereocenters. The minimum absolute atomic E-state index is 0.178. The van der Waals surface area contributed by atoms with Crippen LogP contribution in [0.2, 0.25) is 0 Å². The van der Waals surface area contributed by atoms with Gasteiger partial charge in [0, 0.05) is 10.9 Å². The summed E-state index contributed by atoms with van der Waals surface area (Å²) < 4.78 is 11.7. The number of esters is 1. The first-order valence-corrected chi connectivity index (χ1v) is 11.7. The maximum absolute atomic E-state index is 12.7. The Morgan fingerprint density at radius 3 is 2.48 bits per heavy atom. The van der Waals surface area contributed by atoms with Gasteiger partial charge in [0.15, 0.2) is 6.61 Å². The Morgan fingerprint density at radius 1 is 1.10 bits per heavy atom. The minimum Gasteiger partial charge on any atom is -0.483 e. The summed E-state index contributed by atoms with van der Waals surface area (Å²) in [5.74, 6) is -0.238. The molecule has 5 nitrogen and oxygen atoms in total. The van der Waals surface area contributed by atoms with Gasteiger partial charge >= 0.3 is 5.97 Å². The SMILES string of the molecule is CCOC(=O)c1c(-c2ccc(CC)cc2)csc1NC(=O)COc1ccc(C)cc1Br. The molecule has 7 heteroatoms. The number of amides is 1. The highest BCUT2D eigenvalue weighted by molar-refractivity contribution is 9.10. The second-order valence-electron chi connectivity index (χ2n) is 6.90. The molecule has 162 valence electrons. The van der Waals surface area contributed by atoms with Gasteiger partial charge in [-0.2, -0.15) is 0 Å². The lowest BCUT2D eigenvalue weighted by Crippen LogP contribution is -2.21. The molecule has 0 saturated carbocycles. The lowest BCUT2D eigenvalue weighted by atomic mass is 10.0. The van der Waals surface area contributed by atoms with Gasteiger partial charge < -0.3 is 14.8 Å². The first kappa shape index (κ1) is 23.0. The minimum atomic E-state index is -0.462. The molecule has 31 heavy (non-hydrogen) atoms. The number of hydrogen-bond acceptors (Lipinski definition) is 5. The van der Waals surface area contributed by atoms with Crippen molar-refractivity contribution in [2.75, 3.05) is 18.5 Å². The van der Waals surface area contributed by atoms with Gasteiger partial charge in [0.05, 0.1) is 11.1 Å². The van der Waals surface area contributed by atoms with Gasteiger partial charge in [0.2, 0.25) is 0 Å². The van der Waals surface area contributed by atoms with E-state index in [0.717, 1.165) is 27.6 Å². The van der Waals surface area contributed by atoms with Crippen molar-refractivity contribution in [3.8, 4) is 16.9 Å². The molecule has 0 spiro atoms. The fourth-order valence-corrected chi connectivity index (χ4v) is 4.60. The predicted molar refractivity (Wildman–Crippen MR) is 128 cm³/mol. The predicted octanol–water partition coefficient (Wildman–Crippen LogP) is 6.24. The zero-order valence-electron chi connectivity index (χ0n) is 17.7. The Morgan fingerprint density at radius 2 is 1.84 bits per heavy atom. The van der Waals surface area contributed by atoms with Gasteiger partial charge in [0.1, 0.15) is 16.3 Å². The van der Waals surface area contributed by atoms with E-state index in [0.29, 0.717) is 16.3 Å². The Balaban J connectivity index is 1.80. The molecule has 0 radical (unpaired) electrons. The molecule has 0 saturated heterocycles. The summed E-state index contributed by atoms with van der Waals surface area (Å²) >= 11 is 4.73. The molecule has 1 heterocycles. The smallest absolute Gasteiger partial charge is 0.341 e. The Kier molecular flexibility index (Phi) is 7.87. The number of anilines is 1. The number of hydrogen-bond donors (Lipinski definition) is 1. The number of carbonyl (C=O) groups excluding carboxylic acids is 2. The number of carbonyl (C=O) groups is 2. The van der Waals surface area contributed by atoms with E-state index < -0.39 is 5.97 Å². The summed E-state index contributed by atoms with van der Waals surface area (Å²) in [5.41, 5.74) is 4.30. The second-order valence-corrected chi connectivity index (χ2v) is 8.63. The molecule has 0 bridgehead atoms. The molecule has 0 fully saturated rings. The first-order chi connectivity index (χ1) is 14.9. The van der Waals surface area contributed by atoms with Crippen LogP contribution in [0, 0.1) is 6.92 Å². The fourth-order valence-electron chi connectivity index (χ4n) is 3.02. The molecule has 2 aromatic carbocycles. The molecular weight excluding hydrogens is 478 g/mol. The van der Waals surface area contributed by atoms with Gasteiger partial charge in [-0.1, -0.05) is 37.3 Å². The molecule has 1 N–H and O–H groups in total. The van der Waals surface area contributed by atoms with Crippen LogP contribution >= 0.6 is 27.3 Å². The van der Waals surface area contributed by atoms with Gasteiger partial charge in [-0.15, -0.1) is 11.3 Å². The average molecular weight is 502 g/mol. The Hall–Kier alpha value is -2.64. The van der Waals surface area contributed by atoms with Crippen molar-refractivity contribution in [3.63, 3.8) is 0 Å². The molecular formula is C24H24BrNO4S. The number of benzene rings is 2.